The maximum absolute atomic E-state index is 13.3. The van der Waals surface area contributed by atoms with Gasteiger partial charge in [0, 0.05) is 0 Å². The van der Waals surface area contributed by atoms with Crippen LogP contribution < -0.4 is 9.54 Å². The molecular weight excluding hydrogens is 409 g/mol. The summed E-state index contributed by atoms with van der Waals surface area (Å²) in [7, 11) is -3.13. The molecule has 0 heterocycles. The molecule has 0 radical (unpaired) electrons. The zero-order valence-corrected chi connectivity index (χ0v) is 12.0. The van der Waals surface area contributed by atoms with E-state index in [9.17, 15) is 43.9 Å². The smallest absolute Gasteiger partial charge is 0.505 e. The molecule has 146 valence electrons. The van der Waals surface area contributed by atoms with Gasteiger partial charge < -0.3 is 14.6 Å². The first-order valence-corrected chi connectivity index (χ1v) is 6.19. The maximum Gasteiger partial charge on any atom is 0.748 e. The molecule has 4 nitrogen and oxygen atoms in total. The van der Waals surface area contributed by atoms with Gasteiger partial charge in [0.05, 0.1) is 0 Å². The Bertz CT molecular complexity index is 851. The van der Waals surface area contributed by atoms with E-state index >= 15 is 0 Å². The van der Waals surface area contributed by atoms with Crippen molar-refractivity contribution in [3.8, 4) is 11.5 Å². The minimum Gasteiger partial charge on any atom is -0.505 e. The second-order valence-electron chi connectivity index (χ2n) is 4.40. The second-order valence-corrected chi connectivity index (χ2v) is 4.40. The van der Waals surface area contributed by atoms with E-state index in [0.29, 0.717) is 0 Å². The van der Waals surface area contributed by atoms with Gasteiger partial charge in [0.1, 0.15) is 0 Å². The fraction of sp³-hybridized carbons (Fsp3) is 0. The first-order chi connectivity index (χ1) is 12.5. The molecule has 0 unspecified atom stereocenters. The first kappa shape index (κ1) is 20.6. The molecule has 0 aliphatic carbocycles. The van der Waals surface area contributed by atoms with E-state index < -0.39 is 77.0 Å². The van der Waals surface area contributed by atoms with Crippen LogP contribution in [-0.4, -0.2) is 12.3 Å². The van der Waals surface area contributed by atoms with Crippen molar-refractivity contribution in [1.82, 2.24) is 0 Å². The summed E-state index contributed by atoms with van der Waals surface area (Å²) in [6.07, 6.45) is 0. The summed E-state index contributed by atoms with van der Waals surface area (Å²) in [5.74, 6) is -29.4. The van der Waals surface area contributed by atoms with Crippen molar-refractivity contribution in [3.05, 3.63) is 58.2 Å². The molecule has 15 heteroatoms. The second kappa shape index (κ2) is 7.52. The molecule has 0 bridgehead atoms. The third-order valence-electron chi connectivity index (χ3n) is 2.77. The van der Waals surface area contributed by atoms with Crippen LogP contribution in [0.4, 0.5) is 43.9 Å². The number of hydrogen-bond donors (Lipinski definition) is 1. The van der Waals surface area contributed by atoms with Gasteiger partial charge in [-0.3, -0.25) is 0 Å². The number of halogens is 10. The van der Waals surface area contributed by atoms with Gasteiger partial charge in [-0.1, -0.05) is 0 Å². The van der Waals surface area contributed by atoms with E-state index in [1.165, 1.54) is 0 Å². The Morgan fingerprint density at radius 2 is 0.778 bits per heavy atom. The van der Waals surface area contributed by atoms with Crippen LogP contribution >= 0.6 is 0 Å². The van der Waals surface area contributed by atoms with Crippen molar-refractivity contribution in [1.29, 1.82) is 0 Å². The Hall–Kier alpha value is -2.68. The molecule has 0 aliphatic heterocycles. The zero-order valence-electron chi connectivity index (χ0n) is 12.0. The largest absolute Gasteiger partial charge is 0.748 e. The molecule has 0 fully saturated rings. The van der Waals surface area contributed by atoms with Crippen molar-refractivity contribution >= 4 is 7.32 Å². The van der Waals surface area contributed by atoms with Crippen molar-refractivity contribution in [2.45, 2.75) is 0 Å². The minimum absolute atomic E-state index is 2.08. The molecule has 0 saturated heterocycles. The predicted octanol–water partition coefficient (Wildman–Crippen LogP) is 3.44. The fourth-order valence-corrected chi connectivity index (χ4v) is 1.56. The predicted molar refractivity (Wildman–Crippen MR) is 62.8 cm³/mol. The van der Waals surface area contributed by atoms with Crippen LogP contribution in [0.15, 0.2) is 0 Å². The highest BCUT2D eigenvalue weighted by atomic mass is 19.2. The van der Waals surface area contributed by atoms with E-state index in [1.54, 1.807) is 0 Å². The Labute approximate surface area is 141 Å². The van der Waals surface area contributed by atoms with Gasteiger partial charge in [-0.2, -0.15) is 22.4 Å². The molecule has 2 aromatic rings. The van der Waals surface area contributed by atoms with Gasteiger partial charge in [-0.15, -0.1) is 0 Å². The Balaban J connectivity index is 2.23. The molecule has 0 spiro atoms. The van der Waals surface area contributed by atoms with Gasteiger partial charge in [0.15, 0.2) is 5.75 Å². The first-order valence-electron chi connectivity index (χ1n) is 6.19. The molecule has 0 saturated carbocycles. The van der Waals surface area contributed by atoms with E-state index in [-0.39, 0.29) is 0 Å². The minimum atomic E-state index is -3.13. The SMILES string of the molecule is OB(OOc1c(F)c(F)c(F)c(F)c1F)Oc1c(F)c(F)c(F)c(F)c1F. The van der Waals surface area contributed by atoms with Crippen molar-refractivity contribution < 1.29 is 63.3 Å². The zero-order chi connectivity index (χ0) is 20.6. The third-order valence-corrected chi connectivity index (χ3v) is 2.77. The van der Waals surface area contributed by atoms with Crippen LogP contribution in [0, 0.1) is 58.2 Å². The Morgan fingerprint density at radius 3 is 1.15 bits per heavy atom. The molecular formula is C12HBF10O4. The van der Waals surface area contributed by atoms with Gasteiger partial charge in [-0.05, 0) is 0 Å². The van der Waals surface area contributed by atoms with E-state index in [1.807, 2.05) is 0 Å². The van der Waals surface area contributed by atoms with Crippen molar-refractivity contribution in [2.75, 3.05) is 0 Å². The summed E-state index contributed by atoms with van der Waals surface area (Å²) in [6.45, 7) is 0. The highest BCUT2D eigenvalue weighted by molar-refractivity contribution is 6.35. The average Bonchev–Trinajstić information content (AvgIpc) is 2.65. The standard InChI is InChI=1S/C12HBF10O4/c14-1-3(16)7(20)11(8(21)4(1)17)25-13(24)27-26-12-9(22)5(18)2(15)6(19)10(12)23/h24H. The lowest BCUT2D eigenvalue weighted by molar-refractivity contribution is -0.141. The van der Waals surface area contributed by atoms with Crippen LogP contribution in [-0.2, 0) is 4.81 Å². The highest BCUT2D eigenvalue weighted by Crippen LogP contribution is 2.31. The van der Waals surface area contributed by atoms with Gasteiger partial charge >= 0.3 is 7.32 Å². The quantitative estimate of drug-likeness (QED) is 0.205. The molecule has 0 amide bonds. The fourth-order valence-electron chi connectivity index (χ4n) is 1.56. The van der Waals surface area contributed by atoms with E-state index in [0.717, 1.165) is 0 Å². The molecule has 1 N–H and O–H groups in total. The number of rotatable bonds is 5. The lowest BCUT2D eigenvalue weighted by atomic mass is 10.2. The summed E-state index contributed by atoms with van der Waals surface area (Å²) < 4.78 is 134. The van der Waals surface area contributed by atoms with Gasteiger partial charge in [-0.25, -0.2) is 26.3 Å². The summed E-state index contributed by atoms with van der Waals surface area (Å²) >= 11 is 0. The topological polar surface area (TPSA) is 47.9 Å². The Kier molecular flexibility index (Phi) is 5.75. The van der Waals surface area contributed by atoms with Crippen molar-refractivity contribution in [3.63, 3.8) is 0 Å². The highest BCUT2D eigenvalue weighted by Gasteiger charge is 2.34. The summed E-state index contributed by atoms with van der Waals surface area (Å²) in [6, 6.07) is 0. The molecule has 27 heavy (non-hydrogen) atoms. The summed E-state index contributed by atoms with van der Waals surface area (Å²) in [5.41, 5.74) is 0. The van der Waals surface area contributed by atoms with E-state index in [2.05, 4.69) is 14.3 Å². The molecule has 2 aromatic carbocycles. The van der Waals surface area contributed by atoms with E-state index in [4.69, 9.17) is 5.02 Å². The third kappa shape index (κ3) is 3.59. The lowest BCUT2D eigenvalue weighted by Crippen LogP contribution is -2.30. The van der Waals surface area contributed by atoms with Gasteiger partial charge in [0.25, 0.3) is 0 Å². The summed E-state index contributed by atoms with van der Waals surface area (Å²) in [4.78, 5) is 7.19. The van der Waals surface area contributed by atoms with Crippen LogP contribution in [0.25, 0.3) is 0 Å². The molecule has 2 rings (SSSR count). The van der Waals surface area contributed by atoms with Crippen LogP contribution in [0.3, 0.4) is 0 Å². The Morgan fingerprint density at radius 1 is 0.481 bits per heavy atom. The molecule has 0 atom stereocenters. The van der Waals surface area contributed by atoms with Crippen LogP contribution in [0.2, 0.25) is 0 Å². The van der Waals surface area contributed by atoms with Crippen LogP contribution in [0.5, 0.6) is 11.5 Å². The summed E-state index contributed by atoms with van der Waals surface area (Å²) in [5, 5.41) is 9.09. The van der Waals surface area contributed by atoms with Crippen molar-refractivity contribution in [2.24, 2.45) is 0 Å². The van der Waals surface area contributed by atoms with Crippen LogP contribution in [0.1, 0.15) is 0 Å². The molecule has 0 aromatic heterocycles. The number of hydrogen-bond acceptors (Lipinski definition) is 4. The molecule has 0 aliphatic rings. The average molecular weight is 410 g/mol. The normalized spacial score (nSPS) is 10.9. The maximum atomic E-state index is 13.3. The monoisotopic (exact) mass is 410 g/mol. The number of benzene rings is 2. The van der Waals surface area contributed by atoms with Gasteiger partial charge in [0.2, 0.25) is 63.9 Å². The lowest BCUT2D eigenvalue weighted by Gasteiger charge is -2.13.